The van der Waals surface area contributed by atoms with Gasteiger partial charge in [-0.15, -0.1) is 0 Å². The second-order valence-corrected chi connectivity index (χ2v) is 4.43. The molecule has 3 heteroatoms. The predicted molar refractivity (Wildman–Crippen MR) is 68.2 cm³/mol. The summed E-state index contributed by atoms with van der Waals surface area (Å²) in [5, 5.41) is 3.57. The zero-order chi connectivity index (χ0) is 11.9. The minimum absolute atomic E-state index is 0.194. The molecule has 0 bridgehead atoms. The van der Waals surface area contributed by atoms with E-state index in [0.29, 0.717) is 12.6 Å². The molecule has 2 atom stereocenters. The second-order valence-electron chi connectivity index (χ2n) is 4.43. The van der Waals surface area contributed by atoms with Gasteiger partial charge in [0.1, 0.15) is 0 Å². The number of hydrogen-bond acceptors (Lipinski definition) is 3. The van der Waals surface area contributed by atoms with E-state index in [4.69, 9.17) is 9.47 Å². The molecule has 17 heavy (non-hydrogen) atoms. The molecule has 1 saturated heterocycles. The molecule has 0 amide bonds. The molecule has 1 aliphatic rings. The number of methoxy groups -OCH3 is 1. The van der Waals surface area contributed by atoms with Gasteiger partial charge in [0.2, 0.25) is 0 Å². The molecule has 94 valence electrons. The molecule has 0 aromatic heterocycles. The Morgan fingerprint density at radius 1 is 1.35 bits per heavy atom. The lowest BCUT2D eigenvalue weighted by Crippen LogP contribution is -2.47. The molecule has 1 N–H and O–H groups in total. The monoisotopic (exact) mass is 235 g/mol. The van der Waals surface area contributed by atoms with E-state index in [1.54, 1.807) is 7.11 Å². The van der Waals surface area contributed by atoms with E-state index in [2.05, 4.69) is 35.6 Å². The van der Waals surface area contributed by atoms with Crippen molar-refractivity contribution in [3.8, 4) is 0 Å². The quantitative estimate of drug-likeness (QED) is 0.841. The van der Waals surface area contributed by atoms with Crippen molar-refractivity contribution in [2.24, 2.45) is 0 Å². The van der Waals surface area contributed by atoms with Gasteiger partial charge in [0.05, 0.1) is 12.7 Å². The van der Waals surface area contributed by atoms with Crippen LogP contribution < -0.4 is 5.32 Å². The van der Waals surface area contributed by atoms with Crippen molar-refractivity contribution < 1.29 is 9.47 Å². The highest BCUT2D eigenvalue weighted by Crippen LogP contribution is 2.10. The smallest absolute Gasteiger partial charge is 0.0957 e. The Hall–Kier alpha value is -0.900. The van der Waals surface area contributed by atoms with Gasteiger partial charge in [0, 0.05) is 19.8 Å². The largest absolute Gasteiger partial charge is 0.379 e. The SMILES string of the molecule is CO[C@@H]1COCC[C@@H]1NCCc1ccccc1. The summed E-state index contributed by atoms with van der Waals surface area (Å²) in [6.07, 6.45) is 2.29. The van der Waals surface area contributed by atoms with Crippen LogP contribution in [0, 0.1) is 0 Å². The third-order valence-corrected chi connectivity index (χ3v) is 3.27. The van der Waals surface area contributed by atoms with Gasteiger partial charge in [0.25, 0.3) is 0 Å². The van der Waals surface area contributed by atoms with Crippen molar-refractivity contribution in [3.05, 3.63) is 35.9 Å². The molecule has 1 aliphatic heterocycles. The Bertz CT molecular complexity index is 315. The molecule has 0 saturated carbocycles. The van der Waals surface area contributed by atoms with Crippen LogP contribution >= 0.6 is 0 Å². The van der Waals surface area contributed by atoms with Crippen LogP contribution in [0.15, 0.2) is 30.3 Å². The maximum absolute atomic E-state index is 5.42. The van der Waals surface area contributed by atoms with E-state index >= 15 is 0 Å². The number of ether oxygens (including phenoxy) is 2. The van der Waals surface area contributed by atoms with Crippen LogP contribution in [0.25, 0.3) is 0 Å². The number of hydrogen-bond donors (Lipinski definition) is 1. The summed E-state index contributed by atoms with van der Waals surface area (Å²) in [7, 11) is 1.76. The molecule has 3 nitrogen and oxygen atoms in total. The van der Waals surface area contributed by atoms with Gasteiger partial charge in [-0.1, -0.05) is 30.3 Å². The van der Waals surface area contributed by atoms with Gasteiger partial charge >= 0.3 is 0 Å². The first kappa shape index (κ1) is 12.6. The lowest BCUT2D eigenvalue weighted by atomic mass is 10.1. The minimum atomic E-state index is 0.194. The Morgan fingerprint density at radius 2 is 2.18 bits per heavy atom. The summed E-state index contributed by atoms with van der Waals surface area (Å²) >= 11 is 0. The molecule has 1 heterocycles. The number of rotatable bonds is 5. The molecule has 0 aliphatic carbocycles. The first-order valence-corrected chi connectivity index (χ1v) is 6.28. The maximum atomic E-state index is 5.42. The maximum Gasteiger partial charge on any atom is 0.0957 e. The summed E-state index contributed by atoms with van der Waals surface area (Å²) < 4.78 is 10.8. The molecule has 1 aromatic rings. The van der Waals surface area contributed by atoms with Gasteiger partial charge in [-0.2, -0.15) is 0 Å². The number of benzene rings is 1. The average Bonchev–Trinajstić information content (AvgIpc) is 2.40. The highest BCUT2D eigenvalue weighted by Gasteiger charge is 2.24. The standard InChI is InChI=1S/C14H21NO2/c1-16-14-11-17-10-8-13(14)15-9-7-12-5-3-2-4-6-12/h2-6,13-15H,7-11H2,1H3/t13-,14+/m0/s1. The highest BCUT2D eigenvalue weighted by molar-refractivity contribution is 5.14. The van der Waals surface area contributed by atoms with Crippen molar-refractivity contribution >= 4 is 0 Å². The fourth-order valence-corrected chi connectivity index (χ4v) is 2.22. The van der Waals surface area contributed by atoms with Crippen molar-refractivity contribution in [2.75, 3.05) is 26.9 Å². The van der Waals surface area contributed by atoms with E-state index in [0.717, 1.165) is 26.0 Å². The van der Waals surface area contributed by atoms with Crippen molar-refractivity contribution in [2.45, 2.75) is 25.0 Å². The fraction of sp³-hybridized carbons (Fsp3) is 0.571. The minimum Gasteiger partial charge on any atom is -0.379 e. The van der Waals surface area contributed by atoms with Crippen LogP contribution in [-0.4, -0.2) is 39.0 Å². The molecule has 0 radical (unpaired) electrons. The van der Waals surface area contributed by atoms with Crippen LogP contribution in [-0.2, 0) is 15.9 Å². The Balaban J connectivity index is 1.74. The summed E-state index contributed by atoms with van der Waals surface area (Å²) in [5.74, 6) is 0. The third-order valence-electron chi connectivity index (χ3n) is 3.27. The van der Waals surface area contributed by atoms with E-state index in [-0.39, 0.29) is 6.10 Å². The van der Waals surface area contributed by atoms with E-state index < -0.39 is 0 Å². The normalized spacial score (nSPS) is 24.8. The van der Waals surface area contributed by atoms with E-state index in [1.807, 2.05) is 0 Å². The lowest BCUT2D eigenvalue weighted by molar-refractivity contribution is -0.0495. The predicted octanol–water partition coefficient (Wildman–Crippen LogP) is 1.62. The summed E-state index contributed by atoms with van der Waals surface area (Å²) in [5.41, 5.74) is 1.38. The highest BCUT2D eigenvalue weighted by atomic mass is 16.5. The van der Waals surface area contributed by atoms with Crippen molar-refractivity contribution in [1.82, 2.24) is 5.32 Å². The van der Waals surface area contributed by atoms with E-state index in [9.17, 15) is 0 Å². The lowest BCUT2D eigenvalue weighted by Gasteiger charge is -2.31. The zero-order valence-electron chi connectivity index (χ0n) is 10.4. The topological polar surface area (TPSA) is 30.5 Å². The van der Waals surface area contributed by atoms with Crippen LogP contribution in [0.1, 0.15) is 12.0 Å². The van der Waals surface area contributed by atoms with Gasteiger partial charge in [-0.3, -0.25) is 0 Å². The average molecular weight is 235 g/mol. The Morgan fingerprint density at radius 3 is 2.94 bits per heavy atom. The van der Waals surface area contributed by atoms with Crippen LogP contribution in [0.5, 0.6) is 0 Å². The van der Waals surface area contributed by atoms with Gasteiger partial charge < -0.3 is 14.8 Å². The number of nitrogens with one attached hydrogen (secondary N) is 1. The first-order chi connectivity index (χ1) is 8.40. The Labute approximate surface area is 103 Å². The van der Waals surface area contributed by atoms with Crippen LogP contribution in [0.2, 0.25) is 0 Å². The molecule has 1 aromatic carbocycles. The zero-order valence-corrected chi connectivity index (χ0v) is 10.4. The molecule has 2 rings (SSSR count). The first-order valence-electron chi connectivity index (χ1n) is 6.28. The van der Waals surface area contributed by atoms with E-state index in [1.165, 1.54) is 5.56 Å². The summed E-state index contributed by atoms with van der Waals surface area (Å²) in [6.45, 7) is 2.54. The van der Waals surface area contributed by atoms with Gasteiger partial charge in [-0.25, -0.2) is 0 Å². The van der Waals surface area contributed by atoms with Crippen LogP contribution in [0.3, 0.4) is 0 Å². The summed E-state index contributed by atoms with van der Waals surface area (Å²) in [4.78, 5) is 0. The van der Waals surface area contributed by atoms with Gasteiger partial charge in [-0.05, 0) is 24.9 Å². The molecular weight excluding hydrogens is 214 g/mol. The molecule has 0 spiro atoms. The molecular formula is C14H21NO2. The van der Waals surface area contributed by atoms with Gasteiger partial charge in [0.15, 0.2) is 0 Å². The summed E-state index contributed by atoms with van der Waals surface area (Å²) in [6, 6.07) is 11.0. The fourth-order valence-electron chi connectivity index (χ4n) is 2.22. The van der Waals surface area contributed by atoms with Crippen LogP contribution in [0.4, 0.5) is 0 Å². The third kappa shape index (κ3) is 3.80. The van der Waals surface area contributed by atoms with Crippen molar-refractivity contribution in [1.29, 1.82) is 0 Å². The molecule has 1 fully saturated rings. The second kappa shape index (κ2) is 6.74. The molecule has 0 unspecified atom stereocenters. The van der Waals surface area contributed by atoms with Crippen molar-refractivity contribution in [3.63, 3.8) is 0 Å². The Kier molecular flexibility index (Phi) is 4.98.